The highest BCUT2D eigenvalue weighted by Crippen LogP contribution is 2.43. The molecule has 9 heteroatoms. The fourth-order valence-corrected chi connectivity index (χ4v) is 3.45. The third-order valence-corrected chi connectivity index (χ3v) is 4.57. The molecule has 2 unspecified atom stereocenters. The van der Waals surface area contributed by atoms with Crippen LogP contribution in [0.3, 0.4) is 0 Å². The van der Waals surface area contributed by atoms with E-state index in [1.807, 2.05) is 0 Å². The van der Waals surface area contributed by atoms with Crippen molar-refractivity contribution in [2.75, 3.05) is 26.6 Å². The predicted molar refractivity (Wildman–Crippen MR) is 97.3 cm³/mol. The molecule has 2 atom stereocenters. The molecule has 5 nitrogen and oxygen atoms in total. The lowest BCUT2D eigenvalue weighted by Crippen LogP contribution is -2.37. The van der Waals surface area contributed by atoms with Crippen LogP contribution in [0.4, 0.5) is 13.2 Å². The molecule has 1 aliphatic rings. The smallest absolute Gasteiger partial charge is 0.336 e. The van der Waals surface area contributed by atoms with Gasteiger partial charge in [-0.2, -0.15) is 0 Å². The van der Waals surface area contributed by atoms with E-state index in [9.17, 15) is 22.8 Å². The first-order valence-corrected chi connectivity index (χ1v) is 8.86. The number of allylic oxidation sites excluding steroid dienone is 1. The number of nitrogens with zero attached hydrogens (tertiary/aromatic N) is 1. The summed E-state index contributed by atoms with van der Waals surface area (Å²) in [6, 6.07) is 3.91. The Bertz CT molecular complexity index is 805. The summed E-state index contributed by atoms with van der Waals surface area (Å²) in [4.78, 5) is 29.3. The van der Waals surface area contributed by atoms with E-state index in [4.69, 9.17) is 21.1 Å². The highest BCUT2D eigenvalue weighted by atomic mass is 35.5. The van der Waals surface area contributed by atoms with Crippen molar-refractivity contribution in [2.45, 2.75) is 19.8 Å². The molecule has 1 aromatic carbocycles. The summed E-state index contributed by atoms with van der Waals surface area (Å²) < 4.78 is 49.4. The Balaban J connectivity index is 2.64. The second kappa shape index (κ2) is 9.73. The Hall–Kier alpha value is -2.35. The second-order valence-corrected chi connectivity index (χ2v) is 6.43. The molecule has 0 bridgehead atoms. The van der Waals surface area contributed by atoms with E-state index in [2.05, 4.69) is 4.99 Å². The van der Waals surface area contributed by atoms with Gasteiger partial charge in [-0.05, 0) is 26.0 Å². The molecule has 2 rings (SSSR count). The minimum atomic E-state index is -1.22. The summed E-state index contributed by atoms with van der Waals surface area (Å²) in [5, 5.41) is -0.0217. The van der Waals surface area contributed by atoms with E-state index in [0.717, 1.165) is 6.07 Å². The number of alkyl halides is 2. The van der Waals surface area contributed by atoms with Crippen molar-refractivity contribution < 1.29 is 32.2 Å². The summed E-state index contributed by atoms with van der Waals surface area (Å²) in [6.45, 7) is 0.182. The Labute approximate surface area is 165 Å². The van der Waals surface area contributed by atoms with Gasteiger partial charge in [-0.15, -0.1) is 0 Å². The van der Waals surface area contributed by atoms with E-state index in [-0.39, 0.29) is 27.6 Å². The van der Waals surface area contributed by atoms with Crippen LogP contribution >= 0.6 is 11.6 Å². The number of halogens is 4. The number of hydrogen-bond donors (Lipinski definition) is 0. The molecule has 152 valence electrons. The SMILES string of the molecule is CC1=NC(C)=C(C(=O)OCCF)C(c2c(F)cccc2Cl)C1C(=O)OCCF. The van der Waals surface area contributed by atoms with Gasteiger partial charge in [0.25, 0.3) is 0 Å². The van der Waals surface area contributed by atoms with Crippen LogP contribution in [0.2, 0.25) is 5.02 Å². The lowest BCUT2D eigenvalue weighted by molar-refractivity contribution is -0.147. The Morgan fingerprint density at radius 2 is 1.79 bits per heavy atom. The number of benzene rings is 1. The number of carbonyl (C=O) groups excluding carboxylic acids is 2. The molecule has 0 aliphatic carbocycles. The van der Waals surface area contributed by atoms with Gasteiger partial charge in [-0.3, -0.25) is 9.79 Å². The number of hydrogen-bond acceptors (Lipinski definition) is 5. The summed E-state index contributed by atoms with van der Waals surface area (Å²) in [5.74, 6) is -5.02. The number of aliphatic imine (C=N–C) groups is 1. The molecule has 0 aromatic heterocycles. The fraction of sp³-hybridized carbons (Fsp3) is 0.421. The van der Waals surface area contributed by atoms with Crippen LogP contribution in [0.25, 0.3) is 0 Å². The predicted octanol–water partition coefficient (Wildman–Crippen LogP) is 3.95. The molecule has 0 saturated heterocycles. The molecule has 1 aromatic rings. The Morgan fingerprint density at radius 3 is 2.39 bits per heavy atom. The third-order valence-electron chi connectivity index (χ3n) is 4.24. The topological polar surface area (TPSA) is 65.0 Å². The normalized spacial score (nSPS) is 19.3. The van der Waals surface area contributed by atoms with Crippen molar-refractivity contribution in [2.24, 2.45) is 10.9 Å². The maximum Gasteiger partial charge on any atom is 0.336 e. The maximum absolute atomic E-state index is 14.7. The van der Waals surface area contributed by atoms with Gasteiger partial charge in [-0.1, -0.05) is 17.7 Å². The third kappa shape index (κ3) is 4.55. The van der Waals surface area contributed by atoms with E-state index in [1.54, 1.807) is 0 Å². The van der Waals surface area contributed by atoms with E-state index in [1.165, 1.54) is 26.0 Å². The Kier molecular flexibility index (Phi) is 7.62. The van der Waals surface area contributed by atoms with Gasteiger partial charge in [0, 0.05) is 27.9 Å². The quantitative estimate of drug-likeness (QED) is 0.630. The van der Waals surface area contributed by atoms with Gasteiger partial charge in [0.1, 0.15) is 38.3 Å². The van der Waals surface area contributed by atoms with Crippen LogP contribution in [-0.2, 0) is 19.1 Å². The van der Waals surface area contributed by atoms with Crippen LogP contribution < -0.4 is 0 Å². The van der Waals surface area contributed by atoms with E-state index >= 15 is 0 Å². The first-order chi connectivity index (χ1) is 13.3. The molecule has 0 radical (unpaired) electrons. The zero-order chi connectivity index (χ0) is 20.8. The number of esters is 2. The van der Waals surface area contributed by atoms with Crippen molar-refractivity contribution in [1.29, 1.82) is 0 Å². The number of carbonyl (C=O) groups is 2. The number of ether oxygens (including phenoxy) is 2. The minimum absolute atomic E-state index is 0.0217. The molecule has 0 fully saturated rings. The molecular weight excluding hydrogens is 399 g/mol. The highest BCUT2D eigenvalue weighted by Gasteiger charge is 2.44. The lowest BCUT2D eigenvalue weighted by Gasteiger charge is -2.32. The van der Waals surface area contributed by atoms with Crippen LogP contribution in [0.5, 0.6) is 0 Å². The second-order valence-electron chi connectivity index (χ2n) is 6.02. The zero-order valence-corrected chi connectivity index (χ0v) is 16.1. The molecule has 0 saturated carbocycles. The summed E-state index contributed by atoms with van der Waals surface area (Å²) in [5.41, 5.74) is 0.174. The molecule has 28 heavy (non-hydrogen) atoms. The lowest BCUT2D eigenvalue weighted by atomic mass is 9.75. The van der Waals surface area contributed by atoms with Crippen LogP contribution in [0, 0.1) is 11.7 Å². The van der Waals surface area contributed by atoms with Crippen molar-refractivity contribution in [3.63, 3.8) is 0 Å². The minimum Gasteiger partial charge on any atom is -0.462 e. The summed E-state index contributed by atoms with van der Waals surface area (Å²) >= 11 is 6.18. The monoisotopic (exact) mass is 417 g/mol. The zero-order valence-electron chi connectivity index (χ0n) is 15.3. The molecule has 0 spiro atoms. The van der Waals surface area contributed by atoms with Gasteiger partial charge in [0.05, 0.1) is 5.57 Å². The van der Waals surface area contributed by atoms with Crippen molar-refractivity contribution in [3.8, 4) is 0 Å². The van der Waals surface area contributed by atoms with Crippen LogP contribution in [0.1, 0.15) is 25.3 Å². The van der Waals surface area contributed by atoms with Gasteiger partial charge >= 0.3 is 11.9 Å². The molecular formula is C19H19ClF3NO4. The van der Waals surface area contributed by atoms with Crippen molar-refractivity contribution in [1.82, 2.24) is 0 Å². The van der Waals surface area contributed by atoms with Gasteiger partial charge in [-0.25, -0.2) is 18.0 Å². The largest absolute Gasteiger partial charge is 0.462 e. The Morgan fingerprint density at radius 1 is 1.14 bits per heavy atom. The summed E-state index contributed by atoms with van der Waals surface area (Å²) in [7, 11) is 0. The standard InChI is InChI=1S/C19H19ClF3NO4/c1-10-14(18(25)27-8-6-21)17(16-12(20)4-3-5-13(16)23)15(11(2)24-10)19(26)28-9-7-22/h3-5,14,17H,6-9H2,1-2H3. The van der Waals surface area contributed by atoms with E-state index in [0.29, 0.717) is 0 Å². The molecule has 1 aliphatic heterocycles. The van der Waals surface area contributed by atoms with Crippen LogP contribution in [-0.4, -0.2) is 44.2 Å². The maximum atomic E-state index is 14.7. The van der Waals surface area contributed by atoms with Crippen LogP contribution in [0.15, 0.2) is 34.5 Å². The first kappa shape index (κ1) is 21.9. The fourth-order valence-electron chi connectivity index (χ4n) is 3.17. The molecule has 0 amide bonds. The first-order valence-electron chi connectivity index (χ1n) is 8.49. The average Bonchev–Trinajstić information content (AvgIpc) is 2.64. The molecule has 1 heterocycles. The van der Waals surface area contributed by atoms with Gasteiger partial charge in [0.15, 0.2) is 0 Å². The van der Waals surface area contributed by atoms with E-state index < -0.39 is 56.2 Å². The molecule has 0 N–H and O–H groups in total. The summed E-state index contributed by atoms with van der Waals surface area (Å²) in [6.07, 6.45) is 0. The van der Waals surface area contributed by atoms with Crippen molar-refractivity contribution in [3.05, 3.63) is 45.9 Å². The van der Waals surface area contributed by atoms with Gasteiger partial charge < -0.3 is 9.47 Å². The highest BCUT2D eigenvalue weighted by molar-refractivity contribution is 6.31. The van der Waals surface area contributed by atoms with Gasteiger partial charge in [0.2, 0.25) is 0 Å². The average molecular weight is 418 g/mol. The van der Waals surface area contributed by atoms with Crippen molar-refractivity contribution >= 4 is 29.3 Å². The number of rotatable bonds is 7.